The minimum Gasteiger partial charge on any atom is -0.444 e. The van der Waals surface area contributed by atoms with E-state index in [1.165, 1.54) is 5.01 Å². The number of aryl methyl sites for hydroxylation is 3. The average Bonchev–Trinajstić information content (AvgIpc) is 3.12. The predicted molar refractivity (Wildman–Crippen MR) is 94.0 cm³/mol. The van der Waals surface area contributed by atoms with Gasteiger partial charge in [-0.25, -0.2) is 15.0 Å². The summed E-state index contributed by atoms with van der Waals surface area (Å²) in [4.78, 5) is 13.4. The van der Waals surface area contributed by atoms with Crippen LogP contribution in [0.2, 0.25) is 0 Å². The Morgan fingerprint density at radius 3 is 2.70 bits per heavy atom. The fourth-order valence-corrected chi connectivity index (χ4v) is 2.81. The van der Waals surface area contributed by atoms with Crippen LogP contribution < -0.4 is 10.6 Å². The first-order chi connectivity index (χ1) is 11.1. The number of oxazole rings is 1. The first kappa shape index (κ1) is 17.5. The Bertz CT molecular complexity index is 627. The number of hydrogen-bond donors (Lipinski definition) is 2. The molecule has 2 rings (SSSR count). The van der Waals surface area contributed by atoms with Gasteiger partial charge in [0.1, 0.15) is 12.3 Å². The van der Waals surface area contributed by atoms with Gasteiger partial charge in [0, 0.05) is 24.9 Å². The van der Waals surface area contributed by atoms with Gasteiger partial charge >= 0.3 is 0 Å². The number of thiazole rings is 1. The highest BCUT2D eigenvalue weighted by atomic mass is 32.1. The SMILES string of the molecule is CCNC(=NCc1nc(C)c(C)o1)NCCc1csc(CC)n1. The highest BCUT2D eigenvalue weighted by molar-refractivity contribution is 7.09. The number of nitrogens with zero attached hydrogens (tertiary/aromatic N) is 3. The third kappa shape index (κ3) is 5.35. The predicted octanol–water partition coefficient (Wildman–Crippen LogP) is 2.61. The van der Waals surface area contributed by atoms with E-state index in [2.05, 4.69) is 37.9 Å². The Kier molecular flexibility index (Phi) is 6.58. The molecule has 7 heteroatoms. The Hall–Kier alpha value is -1.89. The molecule has 0 aliphatic rings. The highest BCUT2D eigenvalue weighted by Crippen LogP contribution is 2.10. The Balaban J connectivity index is 1.85. The van der Waals surface area contributed by atoms with Crippen LogP contribution >= 0.6 is 11.3 Å². The number of aliphatic imine (C=N–C) groups is 1. The first-order valence-electron chi connectivity index (χ1n) is 8.00. The number of hydrogen-bond acceptors (Lipinski definition) is 5. The van der Waals surface area contributed by atoms with Crippen LogP contribution in [0.15, 0.2) is 14.8 Å². The van der Waals surface area contributed by atoms with Crippen molar-refractivity contribution in [1.82, 2.24) is 20.6 Å². The van der Waals surface area contributed by atoms with Crippen molar-refractivity contribution in [2.45, 2.75) is 47.1 Å². The lowest BCUT2D eigenvalue weighted by Gasteiger charge is -2.10. The van der Waals surface area contributed by atoms with Crippen LogP contribution in [0.4, 0.5) is 0 Å². The molecular formula is C16H25N5OS. The van der Waals surface area contributed by atoms with Gasteiger partial charge in [-0.15, -0.1) is 11.3 Å². The molecule has 0 atom stereocenters. The van der Waals surface area contributed by atoms with Crippen molar-refractivity contribution in [3.63, 3.8) is 0 Å². The summed E-state index contributed by atoms with van der Waals surface area (Å²) in [7, 11) is 0. The van der Waals surface area contributed by atoms with Crippen molar-refractivity contribution in [2.75, 3.05) is 13.1 Å². The maximum atomic E-state index is 5.55. The van der Waals surface area contributed by atoms with Gasteiger partial charge in [0.05, 0.1) is 16.4 Å². The van der Waals surface area contributed by atoms with Crippen LogP contribution in [0.1, 0.15) is 41.9 Å². The number of rotatable bonds is 7. The molecule has 2 N–H and O–H groups in total. The molecule has 0 aliphatic carbocycles. The average molecular weight is 335 g/mol. The molecule has 0 fully saturated rings. The van der Waals surface area contributed by atoms with Gasteiger partial charge < -0.3 is 15.1 Å². The maximum absolute atomic E-state index is 5.55. The lowest BCUT2D eigenvalue weighted by atomic mass is 10.3. The van der Waals surface area contributed by atoms with Gasteiger partial charge in [-0.05, 0) is 27.2 Å². The molecular weight excluding hydrogens is 310 g/mol. The third-order valence-corrected chi connectivity index (χ3v) is 4.41. The molecule has 0 aromatic carbocycles. The van der Waals surface area contributed by atoms with Gasteiger partial charge in [-0.1, -0.05) is 6.92 Å². The number of nitrogens with one attached hydrogen (secondary N) is 2. The first-order valence-corrected chi connectivity index (χ1v) is 8.88. The topological polar surface area (TPSA) is 75.3 Å². The molecule has 2 aromatic rings. The van der Waals surface area contributed by atoms with Crippen LogP contribution in [0, 0.1) is 13.8 Å². The molecule has 126 valence electrons. The third-order valence-electron chi connectivity index (χ3n) is 3.36. The smallest absolute Gasteiger partial charge is 0.216 e. The summed E-state index contributed by atoms with van der Waals surface area (Å²) in [5.41, 5.74) is 2.05. The second kappa shape index (κ2) is 8.67. The molecule has 2 aromatic heterocycles. The zero-order chi connectivity index (χ0) is 16.7. The van der Waals surface area contributed by atoms with E-state index < -0.39 is 0 Å². The molecule has 0 unspecified atom stereocenters. The van der Waals surface area contributed by atoms with E-state index in [1.807, 2.05) is 20.8 Å². The molecule has 0 radical (unpaired) electrons. The van der Waals surface area contributed by atoms with E-state index in [0.29, 0.717) is 12.4 Å². The summed E-state index contributed by atoms with van der Waals surface area (Å²) < 4.78 is 5.55. The Morgan fingerprint density at radius 2 is 2.09 bits per heavy atom. The fourth-order valence-electron chi connectivity index (χ4n) is 2.03. The molecule has 2 heterocycles. The molecule has 0 amide bonds. The number of aromatic nitrogens is 2. The molecule has 0 spiro atoms. The van der Waals surface area contributed by atoms with Crippen LogP contribution in [-0.4, -0.2) is 29.0 Å². The summed E-state index contributed by atoms with van der Waals surface area (Å²) in [5.74, 6) is 2.26. The molecule has 6 nitrogen and oxygen atoms in total. The molecule has 0 saturated heterocycles. The minimum absolute atomic E-state index is 0.431. The van der Waals surface area contributed by atoms with E-state index in [9.17, 15) is 0 Å². The van der Waals surface area contributed by atoms with Crippen molar-refractivity contribution < 1.29 is 4.42 Å². The second-order valence-electron chi connectivity index (χ2n) is 5.21. The Labute approximate surface area is 141 Å². The lowest BCUT2D eigenvalue weighted by molar-refractivity contribution is 0.473. The zero-order valence-corrected chi connectivity index (χ0v) is 15.1. The summed E-state index contributed by atoms with van der Waals surface area (Å²) in [6.07, 6.45) is 1.88. The van der Waals surface area contributed by atoms with Crippen molar-refractivity contribution in [1.29, 1.82) is 0 Å². The molecule has 0 saturated carbocycles. The van der Waals surface area contributed by atoms with Crippen LogP contribution in [0.5, 0.6) is 0 Å². The summed E-state index contributed by atoms with van der Waals surface area (Å²) >= 11 is 1.72. The van der Waals surface area contributed by atoms with E-state index in [0.717, 1.165) is 49.0 Å². The van der Waals surface area contributed by atoms with Crippen LogP contribution in [-0.2, 0) is 19.4 Å². The van der Waals surface area contributed by atoms with E-state index in [4.69, 9.17) is 4.42 Å². The van der Waals surface area contributed by atoms with Crippen LogP contribution in [0.25, 0.3) is 0 Å². The lowest BCUT2D eigenvalue weighted by Crippen LogP contribution is -2.38. The normalized spacial score (nSPS) is 11.7. The van der Waals surface area contributed by atoms with Gasteiger partial charge in [0.15, 0.2) is 5.96 Å². The molecule has 0 aliphatic heterocycles. The summed E-state index contributed by atoms with van der Waals surface area (Å²) in [6, 6.07) is 0. The van der Waals surface area contributed by atoms with Gasteiger partial charge in [0.2, 0.25) is 5.89 Å². The summed E-state index contributed by atoms with van der Waals surface area (Å²) in [6.45, 7) is 10.1. The minimum atomic E-state index is 0.431. The maximum Gasteiger partial charge on any atom is 0.216 e. The monoisotopic (exact) mass is 335 g/mol. The van der Waals surface area contributed by atoms with Crippen molar-refractivity contribution in [3.05, 3.63) is 33.4 Å². The van der Waals surface area contributed by atoms with Gasteiger partial charge in [0.25, 0.3) is 0 Å². The summed E-state index contributed by atoms with van der Waals surface area (Å²) in [5, 5.41) is 9.87. The van der Waals surface area contributed by atoms with Crippen molar-refractivity contribution >= 4 is 17.3 Å². The van der Waals surface area contributed by atoms with E-state index in [1.54, 1.807) is 11.3 Å². The van der Waals surface area contributed by atoms with Crippen molar-refractivity contribution in [2.24, 2.45) is 4.99 Å². The fraction of sp³-hybridized carbons (Fsp3) is 0.562. The number of guanidine groups is 1. The van der Waals surface area contributed by atoms with E-state index in [-0.39, 0.29) is 0 Å². The zero-order valence-electron chi connectivity index (χ0n) is 14.3. The van der Waals surface area contributed by atoms with Gasteiger partial charge in [-0.3, -0.25) is 0 Å². The van der Waals surface area contributed by atoms with Gasteiger partial charge in [-0.2, -0.15) is 0 Å². The van der Waals surface area contributed by atoms with Crippen molar-refractivity contribution in [3.8, 4) is 0 Å². The highest BCUT2D eigenvalue weighted by Gasteiger charge is 2.06. The quantitative estimate of drug-likeness (QED) is 0.601. The molecule has 23 heavy (non-hydrogen) atoms. The standard InChI is InChI=1S/C16H25N5OS/c1-5-15-21-13(10-23-15)7-8-18-16(17-6-2)19-9-14-20-11(3)12(4)22-14/h10H,5-9H2,1-4H3,(H2,17,18,19). The Morgan fingerprint density at radius 1 is 1.26 bits per heavy atom. The largest absolute Gasteiger partial charge is 0.444 e. The van der Waals surface area contributed by atoms with Crippen LogP contribution in [0.3, 0.4) is 0 Å². The second-order valence-corrected chi connectivity index (χ2v) is 6.15. The molecule has 0 bridgehead atoms. The van der Waals surface area contributed by atoms with E-state index >= 15 is 0 Å².